The van der Waals surface area contributed by atoms with Gasteiger partial charge in [-0.25, -0.2) is 0 Å². The Hall–Kier alpha value is -1.96. The monoisotopic (exact) mass is 346 g/mol. The predicted molar refractivity (Wildman–Crippen MR) is 83.1 cm³/mol. The number of anilines is 1. The number of ether oxygens (including phenoxy) is 1. The average Bonchev–Trinajstić information content (AvgIpc) is 2.53. The second-order valence-corrected chi connectivity index (χ2v) is 6.01. The number of piperazine rings is 1. The van der Waals surface area contributed by atoms with Crippen molar-refractivity contribution in [2.45, 2.75) is 25.1 Å². The van der Waals surface area contributed by atoms with E-state index in [-0.39, 0.29) is 0 Å². The Bertz CT molecular complexity index is 565. The van der Waals surface area contributed by atoms with Crippen LogP contribution in [0.4, 0.5) is 18.9 Å². The average molecular weight is 346 g/mol. The zero-order valence-corrected chi connectivity index (χ0v) is 13.6. The van der Waals surface area contributed by atoms with Crippen molar-refractivity contribution < 1.29 is 27.8 Å². The van der Waals surface area contributed by atoms with Crippen LogP contribution in [0.2, 0.25) is 0 Å². The van der Waals surface area contributed by atoms with Crippen LogP contribution in [0.3, 0.4) is 0 Å². The summed E-state index contributed by atoms with van der Waals surface area (Å²) >= 11 is 0. The lowest BCUT2D eigenvalue weighted by Gasteiger charge is -2.37. The molecule has 0 spiro atoms. The summed E-state index contributed by atoms with van der Waals surface area (Å²) in [5, 5.41) is 9.44. The smallest absolute Gasteiger partial charge is 0.417 e. The summed E-state index contributed by atoms with van der Waals surface area (Å²) in [5.74, 6) is 0.0497. The summed E-state index contributed by atoms with van der Waals surface area (Å²) in [6.07, 6.45) is -5.79. The molecule has 0 radical (unpaired) electrons. The largest absolute Gasteiger partial charge is 0.497 e. The van der Waals surface area contributed by atoms with Crippen molar-refractivity contribution in [1.29, 1.82) is 0 Å². The van der Waals surface area contributed by atoms with Gasteiger partial charge in [-0.15, -0.1) is 0 Å². The number of carbonyl (C=O) groups excluding carboxylic acids is 1. The highest BCUT2D eigenvalue weighted by atomic mass is 19.4. The van der Waals surface area contributed by atoms with Crippen LogP contribution in [0.1, 0.15) is 13.3 Å². The molecule has 1 saturated heterocycles. The number of alkyl halides is 3. The summed E-state index contributed by atoms with van der Waals surface area (Å²) < 4.78 is 43.1. The molecule has 1 aromatic rings. The van der Waals surface area contributed by atoms with Gasteiger partial charge in [-0.3, -0.25) is 4.79 Å². The molecule has 1 fully saturated rings. The van der Waals surface area contributed by atoms with E-state index in [1.807, 2.05) is 29.2 Å². The number of aliphatic hydroxyl groups is 1. The molecule has 1 aliphatic heterocycles. The van der Waals surface area contributed by atoms with E-state index in [4.69, 9.17) is 4.74 Å². The molecule has 0 saturated carbocycles. The van der Waals surface area contributed by atoms with Crippen molar-refractivity contribution in [1.82, 2.24) is 4.90 Å². The van der Waals surface area contributed by atoms with Crippen molar-refractivity contribution in [3.63, 3.8) is 0 Å². The number of hydrogen-bond donors (Lipinski definition) is 1. The van der Waals surface area contributed by atoms with Crippen LogP contribution in [0.15, 0.2) is 24.3 Å². The van der Waals surface area contributed by atoms with Crippen LogP contribution in [0, 0.1) is 0 Å². The first-order chi connectivity index (χ1) is 11.1. The Morgan fingerprint density at radius 3 is 2.17 bits per heavy atom. The van der Waals surface area contributed by atoms with Gasteiger partial charge in [0, 0.05) is 31.9 Å². The normalized spacial score (nSPS) is 18.2. The van der Waals surface area contributed by atoms with E-state index in [0.717, 1.165) is 11.4 Å². The Labute approximate surface area is 138 Å². The molecule has 1 aromatic carbocycles. The van der Waals surface area contributed by atoms with Gasteiger partial charge in [-0.1, -0.05) is 0 Å². The molecule has 0 bridgehead atoms. The third-order valence-corrected chi connectivity index (χ3v) is 4.18. The first-order valence-corrected chi connectivity index (χ1v) is 7.60. The van der Waals surface area contributed by atoms with E-state index in [2.05, 4.69) is 0 Å². The van der Waals surface area contributed by atoms with Gasteiger partial charge in [0.2, 0.25) is 5.91 Å². The molecule has 1 aliphatic rings. The second-order valence-electron chi connectivity index (χ2n) is 6.01. The zero-order chi connectivity index (χ0) is 18.0. The highest BCUT2D eigenvalue weighted by molar-refractivity contribution is 5.77. The summed E-state index contributed by atoms with van der Waals surface area (Å²) in [6, 6.07) is 7.44. The minimum atomic E-state index is -4.83. The standard InChI is InChI=1S/C16H21F3N2O3/c1-15(23,16(17,18)19)11-14(22)21-9-7-20(8-10-21)12-3-5-13(24-2)6-4-12/h3-6,23H,7-11H2,1-2H3/t15-/m0/s1. The molecule has 1 atom stereocenters. The second kappa shape index (κ2) is 6.88. The molecule has 1 N–H and O–H groups in total. The molecule has 0 aromatic heterocycles. The van der Waals surface area contributed by atoms with Gasteiger partial charge in [-0.2, -0.15) is 13.2 Å². The number of methoxy groups -OCH3 is 1. The fraction of sp³-hybridized carbons (Fsp3) is 0.562. The predicted octanol–water partition coefficient (Wildman–Crippen LogP) is 2.05. The van der Waals surface area contributed by atoms with E-state index in [9.17, 15) is 23.1 Å². The lowest BCUT2D eigenvalue weighted by molar-refractivity contribution is -0.254. The van der Waals surface area contributed by atoms with E-state index in [0.29, 0.717) is 33.1 Å². The molecular formula is C16H21F3N2O3. The summed E-state index contributed by atoms with van der Waals surface area (Å²) in [7, 11) is 1.58. The van der Waals surface area contributed by atoms with Crippen molar-refractivity contribution in [2.24, 2.45) is 0 Å². The summed E-state index contributed by atoms with van der Waals surface area (Å²) in [4.78, 5) is 15.4. The van der Waals surface area contributed by atoms with Gasteiger partial charge in [0.25, 0.3) is 0 Å². The first kappa shape index (κ1) is 18.4. The number of rotatable bonds is 4. The SMILES string of the molecule is COc1ccc(N2CCN(C(=O)C[C@](C)(O)C(F)(F)F)CC2)cc1. The Balaban J connectivity index is 1.91. The molecule has 8 heteroatoms. The van der Waals surface area contributed by atoms with Crippen LogP contribution in [-0.4, -0.2) is 61.0 Å². The quantitative estimate of drug-likeness (QED) is 0.907. The maximum absolute atomic E-state index is 12.7. The first-order valence-electron chi connectivity index (χ1n) is 7.60. The number of carbonyl (C=O) groups is 1. The molecule has 2 rings (SSSR count). The summed E-state index contributed by atoms with van der Waals surface area (Å²) in [5.41, 5.74) is -2.04. The Morgan fingerprint density at radius 2 is 1.71 bits per heavy atom. The van der Waals surface area contributed by atoms with E-state index in [1.54, 1.807) is 7.11 Å². The number of nitrogens with zero attached hydrogens (tertiary/aromatic N) is 2. The van der Waals surface area contributed by atoms with Crippen LogP contribution >= 0.6 is 0 Å². The zero-order valence-electron chi connectivity index (χ0n) is 13.6. The van der Waals surface area contributed by atoms with Crippen LogP contribution in [-0.2, 0) is 4.79 Å². The third kappa shape index (κ3) is 4.11. The fourth-order valence-corrected chi connectivity index (χ4v) is 2.51. The Kier molecular flexibility index (Phi) is 5.27. The van der Waals surface area contributed by atoms with Gasteiger partial charge < -0.3 is 19.6 Å². The third-order valence-electron chi connectivity index (χ3n) is 4.18. The van der Waals surface area contributed by atoms with Gasteiger partial charge >= 0.3 is 6.18 Å². The van der Waals surface area contributed by atoms with Crippen LogP contribution < -0.4 is 9.64 Å². The minimum absolute atomic E-state index is 0.318. The maximum atomic E-state index is 12.7. The van der Waals surface area contributed by atoms with Gasteiger partial charge in [0.1, 0.15) is 5.75 Å². The molecule has 0 aliphatic carbocycles. The molecule has 0 unspecified atom stereocenters. The maximum Gasteiger partial charge on any atom is 0.417 e. The highest BCUT2D eigenvalue weighted by Crippen LogP contribution is 2.33. The van der Waals surface area contributed by atoms with Crippen LogP contribution in [0.25, 0.3) is 0 Å². The van der Waals surface area contributed by atoms with Crippen molar-refractivity contribution >= 4 is 11.6 Å². The van der Waals surface area contributed by atoms with Crippen molar-refractivity contribution in [3.05, 3.63) is 24.3 Å². The van der Waals surface area contributed by atoms with Gasteiger partial charge in [0.15, 0.2) is 5.60 Å². The topological polar surface area (TPSA) is 53.0 Å². The lowest BCUT2D eigenvalue weighted by Crippen LogP contribution is -2.52. The van der Waals surface area contributed by atoms with Crippen LogP contribution in [0.5, 0.6) is 5.75 Å². The number of amides is 1. The van der Waals surface area contributed by atoms with E-state index < -0.39 is 24.1 Å². The molecule has 1 heterocycles. The van der Waals surface area contributed by atoms with Gasteiger partial charge in [0.05, 0.1) is 13.5 Å². The van der Waals surface area contributed by atoms with Gasteiger partial charge in [-0.05, 0) is 31.2 Å². The number of halogens is 3. The molecule has 134 valence electrons. The fourth-order valence-electron chi connectivity index (χ4n) is 2.51. The van der Waals surface area contributed by atoms with E-state index in [1.165, 1.54) is 4.90 Å². The highest BCUT2D eigenvalue weighted by Gasteiger charge is 2.51. The number of benzene rings is 1. The van der Waals surface area contributed by atoms with Crippen molar-refractivity contribution in [2.75, 3.05) is 38.2 Å². The lowest BCUT2D eigenvalue weighted by atomic mass is 10.0. The van der Waals surface area contributed by atoms with E-state index >= 15 is 0 Å². The molecule has 1 amide bonds. The number of hydrogen-bond acceptors (Lipinski definition) is 4. The summed E-state index contributed by atoms with van der Waals surface area (Å²) in [6.45, 7) is 2.30. The molecular weight excluding hydrogens is 325 g/mol. The molecule has 24 heavy (non-hydrogen) atoms. The molecule has 5 nitrogen and oxygen atoms in total. The Morgan fingerprint density at radius 1 is 1.17 bits per heavy atom. The van der Waals surface area contributed by atoms with Crippen molar-refractivity contribution in [3.8, 4) is 5.75 Å². The minimum Gasteiger partial charge on any atom is -0.497 e.